The van der Waals surface area contributed by atoms with Crippen LogP contribution < -0.4 is 22.1 Å². The average molecular weight is 431 g/mol. The summed E-state index contributed by atoms with van der Waals surface area (Å²) in [4.78, 5) is 45.4. The van der Waals surface area contributed by atoms with Crippen molar-refractivity contribution in [3.63, 3.8) is 0 Å². The van der Waals surface area contributed by atoms with Crippen LogP contribution in [-0.4, -0.2) is 55.6 Å². The van der Waals surface area contributed by atoms with E-state index in [4.69, 9.17) is 16.6 Å². The van der Waals surface area contributed by atoms with E-state index < -0.39 is 23.9 Å². The number of fused-ring (bicyclic) bond motifs is 1. The minimum Gasteiger partial charge on any atom is -0.481 e. The molecule has 2 atom stereocenters. The molecular weight excluding hydrogens is 406 g/mol. The highest BCUT2D eigenvalue weighted by Gasteiger charge is 2.24. The van der Waals surface area contributed by atoms with Gasteiger partial charge in [0.15, 0.2) is 0 Å². The lowest BCUT2D eigenvalue weighted by molar-refractivity contribution is -0.140. The molecule has 3 rings (SSSR count). The highest BCUT2D eigenvalue weighted by atomic mass is 16.4. The fourth-order valence-electron chi connectivity index (χ4n) is 3.52. The molecule has 2 aromatic heterocycles. The van der Waals surface area contributed by atoms with Crippen molar-refractivity contribution >= 4 is 35.4 Å². The molecule has 3 heterocycles. The van der Waals surface area contributed by atoms with E-state index in [-0.39, 0.29) is 30.3 Å². The molecule has 0 bridgehead atoms. The lowest BCUT2D eigenvalue weighted by Gasteiger charge is -2.26. The summed E-state index contributed by atoms with van der Waals surface area (Å²) >= 11 is 0. The Morgan fingerprint density at radius 3 is 2.74 bits per heavy atom. The van der Waals surface area contributed by atoms with Gasteiger partial charge < -0.3 is 37.3 Å². The SMILES string of the molecule is Nc1nc(N)c2c(n1)NCC(CCc1cc(C(=O)N[C@@H](CCC(=O)O)C(=O)O)c[nH]1)C2. The van der Waals surface area contributed by atoms with Crippen LogP contribution in [0.15, 0.2) is 12.3 Å². The van der Waals surface area contributed by atoms with Crippen LogP contribution in [-0.2, 0) is 22.4 Å². The third kappa shape index (κ3) is 5.62. The van der Waals surface area contributed by atoms with Crippen LogP contribution in [0.5, 0.6) is 0 Å². The molecule has 166 valence electrons. The Bertz CT molecular complexity index is 990. The zero-order valence-electron chi connectivity index (χ0n) is 16.7. The second-order valence-electron chi connectivity index (χ2n) is 7.49. The second-order valence-corrected chi connectivity index (χ2v) is 7.49. The van der Waals surface area contributed by atoms with Crippen LogP contribution in [0.3, 0.4) is 0 Å². The van der Waals surface area contributed by atoms with Gasteiger partial charge in [-0.25, -0.2) is 4.79 Å². The number of aliphatic carboxylic acids is 2. The van der Waals surface area contributed by atoms with Gasteiger partial charge in [-0.2, -0.15) is 9.97 Å². The van der Waals surface area contributed by atoms with Crippen molar-refractivity contribution in [2.24, 2.45) is 5.92 Å². The van der Waals surface area contributed by atoms with Crippen molar-refractivity contribution < 1.29 is 24.6 Å². The van der Waals surface area contributed by atoms with Crippen LogP contribution in [0.4, 0.5) is 17.6 Å². The van der Waals surface area contributed by atoms with Crippen LogP contribution in [0.1, 0.15) is 40.9 Å². The van der Waals surface area contributed by atoms with E-state index in [0.29, 0.717) is 31.0 Å². The summed E-state index contributed by atoms with van der Waals surface area (Å²) in [6, 6.07) is 0.394. The van der Waals surface area contributed by atoms with Gasteiger partial charge in [0.2, 0.25) is 5.95 Å². The van der Waals surface area contributed by atoms with Gasteiger partial charge in [0, 0.05) is 30.4 Å². The summed E-state index contributed by atoms with van der Waals surface area (Å²) in [6.07, 6.45) is 3.16. The molecule has 9 N–H and O–H groups in total. The molecule has 2 aromatic rings. The number of carboxylic acid groups (broad SMARTS) is 2. The van der Waals surface area contributed by atoms with Crippen molar-refractivity contribution in [1.82, 2.24) is 20.3 Å². The predicted octanol–water partition coefficient (Wildman–Crippen LogP) is 0.234. The molecule has 0 saturated carbocycles. The average Bonchev–Trinajstić information content (AvgIpc) is 3.18. The number of rotatable bonds is 9. The molecule has 1 unspecified atom stereocenters. The minimum absolute atomic E-state index is 0.132. The molecule has 12 heteroatoms. The number of nitrogen functional groups attached to an aromatic ring is 2. The number of hydrogen-bond donors (Lipinski definition) is 7. The topological polar surface area (TPSA) is 209 Å². The Labute approximate surface area is 177 Å². The van der Waals surface area contributed by atoms with Gasteiger partial charge in [-0.15, -0.1) is 0 Å². The molecule has 1 amide bonds. The summed E-state index contributed by atoms with van der Waals surface area (Å²) in [5.41, 5.74) is 13.5. The Balaban J connectivity index is 1.54. The normalized spacial score (nSPS) is 16.1. The number of carbonyl (C=O) groups excluding carboxylic acids is 1. The molecule has 0 fully saturated rings. The number of anilines is 3. The highest BCUT2D eigenvalue weighted by Crippen LogP contribution is 2.29. The van der Waals surface area contributed by atoms with Crippen LogP contribution >= 0.6 is 0 Å². The first-order valence-electron chi connectivity index (χ1n) is 9.81. The maximum Gasteiger partial charge on any atom is 0.326 e. The number of nitrogens with one attached hydrogen (secondary N) is 3. The molecule has 0 saturated heterocycles. The fraction of sp³-hybridized carbons (Fsp3) is 0.421. The number of nitrogens with two attached hydrogens (primary N) is 2. The van der Waals surface area contributed by atoms with Gasteiger partial charge >= 0.3 is 11.9 Å². The fourth-order valence-corrected chi connectivity index (χ4v) is 3.52. The summed E-state index contributed by atoms with van der Waals surface area (Å²) in [5, 5.41) is 23.5. The summed E-state index contributed by atoms with van der Waals surface area (Å²) in [5.74, 6) is -1.52. The van der Waals surface area contributed by atoms with Gasteiger partial charge in [-0.3, -0.25) is 9.59 Å². The number of carboxylic acids is 2. The number of nitrogens with zero attached hydrogens (tertiary/aromatic N) is 2. The molecule has 1 aliphatic heterocycles. The Morgan fingerprint density at radius 1 is 1.26 bits per heavy atom. The number of carbonyl (C=O) groups is 3. The first-order chi connectivity index (χ1) is 14.7. The van der Waals surface area contributed by atoms with Crippen LogP contribution in [0, 0.1) is 5.92 Å². The maximum absolute atomic E-state index is 12.3. The molecule has 1 aliphatic rings. The maximum atomic E-state index is 12.3. The van der Waals surface area contributed by atoms with Gasteiger partial charge in [-0.05, 0) is 37.7 Å². The Hall–Kier alpha value is -3.83. The summed E-state index contributed by atoms with van der Waals surface area (Å²) < 4.78 is 0. The van der Waals surface area contributed by atoms with E-state index in [1.165, 1.54) is 6.20 Å². The van der Waals surface area contributed by atoms with E-state index >= 15 is 0 Å². The minimum atomic E-state index is -1.28. The van der Waals surface area contributed by atoms with Crippen molar-refractivity contribution in [1.29, 1.82) is 0 Å². The number of amides is 1. The molecule has 12 nitrogen and oxygen atoms in total. The Morgan fingerprint density at radius 2 is 2.03 bits per heavy atom. The third-order valence-corrected chi connectivity index (χ3v) is 5.18. The van der Waals surface area contributed by atoms with E-state index in [9.17, 15) is 19.5 Å². The van der Waals surface area contributed by atoms with Crippen molar-refractivity contribution in [2.75, 3.05) is 23.3 Å². The first kappa shape index (κ1) is 21.9. The third-order valence-electron chi connectivity index (χ3n) is 5.18. The zero-order valence-corrected chi connectivity index (χ0v) is 16.7. The molecular formula is C19H25N7O5. The van der Waals surface area contributed by atoms with E-state index in [2.05, 4.69) is 25.6 Å². The molecule has 0 aromatic carbocycles. The number of H-pyrrole nitrogens is 1. The largest absolute Gasteiger partial charge is 0.481 e. The predicted molar refractivity (Wildman–Crippen MR) is 111 cm³/mol. The van der Waals surface area contributed by atoms with E-state index in [0.717, 1.165) is 17.7 Å². The second kappa shape index (κ2) is 9.32. The molecule has 0 spiro atoms. The molecule has 0 aliphatic carbocycles. The number of aromatic amines is 1. The first-order valence-corrected chi connectivity index (χ1v) is 9.81. The quantitative estimate of drug-likeness (QED) is 0.287. The standard InChI is InChI=1S/C19H25N7O5/c20-15-12-5-9(7-23-16(12)26-19(21)25-15)1-2-11-6-10(8-22-11)17(29)24-13(18(30)31)3-4-14(27)28/h6,8-9,13,22H,1-5,7H2,(H,24,29)(H,27,28)(H,30,31)(H5,20,21,23,25,26)/t9?,13-/m0/s1. The smallest absolute Gasteiger partial charge is 0.326 e. The number of aromatic nitrogens is 3. The van der Waals surface area contributed by atoms with Crippen molar-refractivity contribution in [3.8, 4) is 0 Å². The number of hydrogen-bond acceptors (Lipinski definition) is 8. The van der Waals surface area contributed by atoms with Crippen LogP contribution in [0.25, 0.3) is 0 Å². The van der Waals surface area contributed by atoms with Gasteiger partial charge in [0.05, 0.1) is 5.56 Å². The highest BCUT2D eigenvalue weighted by molar-refractivity contribution is 5.96. The van der Waals surface area contributed by atoms with Crippen molar-refractivity contribution in [3.05, 3.63) is 29.1 Å². The Kier molecular flexibility index (Phi) is 6.58. The molecule has 0 radical (unpaired) electrons. The van der Waals surface area contributed by atoms with E-state index in [1.54, 1.807) is 6.07 Å². The molecule has 31 heavy (non-hydrogen) atoms. The number of aryl methyl sites for hydroxylation is 1. The summed E-state index contributed by atoms with van der Waals surface area (Å²) in [7, 11) is 0. The van der Waals surface area contributed by atoms with Gasteiger partial charge in [0.25, 0.3) is 5.91 Å². The zero-order chi connectivity index (χ0) is 22.5. The van der Waals surface area contributed by atoms with E-state index in [1.807, 2.05) is 0 Å². The summed E-state index contributed by atoms with van der Waals surface area (Å²) in [6.45, 7) is 0.709. The van der Waals surface area contributed by atoms with Gasteiger partial charge in [-0.1, -0.05) is 0 Å². The lowest BCUT2D eigenvalue weighted by Crippen LogP contribution is -2.41. The lowest BCUT2D eigenvalue weighted by atomic mass is 9.91. The monoisotopic (exact) mass is 431 g/mol. The van der Waals surface area contributed by atoms with Crippen molar-refractivity contribution in [2.45, 2.75) is 38.1 Å². The van der Waals surface area contributed by atoms with Gasteiger partial charge in [0.1, 0.15) is 17.7 Å². The van der Waals surface area contributed by atoms with Crippen LogP contribution in [0.2, 0.25) is 0 Å².